The number of hydrogen-bond donors (Lipinski definition) is 2. The molecule has 1 fully saturated rings. The first-order valence-corrected chi connectivity index (χ1v) is 10.6. The average molecular weight is 410 g/mol. The highest BCUT2D eigenvalue weighted by Crippen LogP contribution is 2.33. The molecular formula is C24H28FN3O2. The number of hydrogen-bond acceptors (Lipinski definition) is 3. The van der Waals surface area contributed by atoms with Crippen LogP contribution in [0.2, 0.25) is 0 Å². The maximum Gasteiger partial charge on any atom is 0.228 e. The van der Waals surface area contributed by atoms with Gasteiger partial charge < -0.3 is 10.6 Å². The van der Waals surface area contributed by atoms with E-state index in [4.69, 9.17) is 0 Å². The molecule has 0 radical (unpaired) electrons. The van der Waals surface area contributed by atoms with E-state index in [1.54, 1.807) is 6.07 Å². The van der Waals surface area contributed by atoms with Gasteiger partial charge >= 0.3 is 0 Å². The topological polar surface area (TPSA) is 61.4 Å². The Morgan fingerprint density at radius 1 is 1.17 bits per heavy atom. The molecule has 2 aromatic carbocycles. The number of anilines is 1. The smallest absolute Gasteiger partial charge is 0.228 e. The molecule has 2 heterocycles. The summed E-state index contributed by atoms with van der Waals surface area (Å²) in [5, 5.41) is 5.69. The summed E-state index contributed by atoms with van der Waals surface area (Å²) in [6, 6.07) is 12.9. The van der Waals surface area contributed by atoms with Crippen LogP contribution in [0.4, 0.5) is 10.1 Å². The number of amides is 2. The Hall–Kier alpha value is -2.73. The maximum atomic E-state index is 13.5. The molecule has 2 amide bonds. The van der Waals surface area contributed by atoms with Gasteiger partial charge in [0.25, 0.3) is 0 Å². The molecule has 6 heteroatoms. The van der Waals surface area contributed by atoms with Gasteiger partial charge in [-0.15, -0.1) is 0 Å². The van der Waals surface area contributed by atoms with E-state index in [9.17, 15) is 14.0 Å². The largest absolute Gasteiger partial charge is 0.355 e. The number of rotatable bonds is 5. The standard InChI is InChI=1S/C24H28FN3O2/c1-16-2-4-18(5-3-16)15-28-10-8-17(9-11-28)14-26-24(30)21-13-23(29)27-22-12-19(25)6-7-20(21)22/h2-7,12,17,21H,8-11,13-15H2,1H3,(H,26,30)(H,27,29). The molecule has 0 spiro atoms. The van der Waals surface area contributed by atoms with E-state index in [0.717, 1.165) is 32.5 Å². The van der Waals surface area contributed by atoms with Gasteiger partial charge in [-0.3, -0.25) is 14.5 Å². The molecule has 158 valence electrons. The summed E-state index contributed by atoms with van der Waals surface area (Å²) in [7, 11) is 0. The van der Waals surface area contributed by atoms with Crippen LogP contribution in [0.1, 0.15) is 41.9 Å². The van der Waals surface area contributed by atoms with Gasteiger partial charge in [-0.2, -0.15) is 0 Å². The second-order valence-corrected chi connectivity index (χ2v) is 8.49. The number of aryl methyl sites for hydroxylation is 1. The molecule has 0 bridgehead atoms. The van der Waals surface area contributed by atoms with Crippen molar-refractivity contribution in [1.29, 1.82) is 0 Å². The molecule has 30 heavy (non-hydrogen) atoms. The summed E-state index contributed by atoms with van der Waals surface area (Å²) in [6.45, 7) is 5.71. The fourth-order valence-electron chi connectivity index (χ4n) is 4.34. The van der Waals surface area contributed by atoms with E-state index in [0.29, 0.717) is 23.7 Å². The highest BCUT2D eigenvalue weighted by Gasteiger charge is 2.31. The molecule has 4 rings (SSSR count). The van der Waals surface area contributed by atoms with Crippen molar-refractivity contribution in [3.05, 3.63) is 65.0 Å². The molecule has 0 aliphatic carbocycles. The fraction of sp³-hybridized carbons (Fsp3) is 0.417. The van der Waals surface area contributed by atoms with Crippen molar-refractivity contribution in [2.24, 2.45) is 5.92 Å². The number of carbonyl (C=O) groups is 2. The summed E-state index contributed by atoms with van der Waals surface area (Å²) in [5.41, 5.74) is 3.69. The van der Waals surface area contributed by atoms with Gasteiger partial charge in [0.1, 0.15) is 5.82 Å². The predicted octanol–water partition coefficient (Wildman–Crippen LogP) is 3.59. The van der Waals surface area contributed by atoms with Crippen LogP contribution in [0.5, 0.6) is 0 Å². The van der Waals surface area contributed by atoms with Crippen LogP contribution >= 0.6 is 0 Å². The minimum atomic E-state index is -0.559. The molecule has 0 saturated carbocycles. The number of nitrogens with one attached hydrogen (secondary N) is 2. The SMILES string of the molecule is Cc1ccc(CN2CCC(CNC(=O)C3CC(=O)Nc4cc(F)ccc43)CC2)cc1. The lowest BCUT2D eigenvalue weighted by atomic mass is 9.89. The second kappa shape index (κ2) is 8.96. The zero-order valence-corrected chi connectivity index (χ0v) is 17.3. The van der Waals surface area contributed by atoms with Crippen molar-refractivity contribution in [3.63, 3.8) is 0 Å². The zero-order valence-electron chi connectivity index (χ0n) is 17.3. The van der Waals surface area contributed by atoms with Crippen LogP contribution in [0.25, 0.3) is 0 Å². The number of likely N-dealkylation sites (tertiary alicyclic amines) is 1. The molecule has 1 unspecified atom stereocenters. The summed E-state index contributed by atoms with van der Waals surface area (Å²) in [4.78, 5) is 27.2. The molecule has 2 aliphatic rings. The van der Waals surface area contributed by atoms with Crippen molar-refractivity contribution in [3.8, 4) is 0 Å². The summed E-state index contributed by atoms with van der Waals surface area (Å²) < 4.78 is 13.5. The minimum Gasteiger partial charge on any atom is -0.355 e. The van der Waals surface area contributed by atoms with Gasteiger partial charge in [0.2, 0.25) is 11.8 Å². The third-order valence-corrected chi connectivity index (χ3v) is 6.17. The van der Waals surface area contributed by atoms with Crippen molar-refractivity contribution < 1.29 is 14.0 Å². The molecule has 1 saturated heterocycles. The molecule has 2 aromatic rings. The lowest BCUT2D eigenvalue weighted by Gasteiger charge is -2.32. The lowest BCUT2D eigenvalue weighted by molar-refractivity contribution is -0.126. The Kier molecular flexibility index (Phi) is 6.13. The second-order valence-electron chi connectivity index (χ2n) is 8.49. The number of fused-ring (bicyclic) bond motifs is 1. The Morgan fingerprint density at radius 2 is 1.90 bits per heavy atom. The van der Waals surface area contributed by atoms with Gasteiger partial charge in [-0.05, 0) is 62.0 Å². The van der Waals surface area contributed by atoms with E-state index in [1.165, 1.54) is 23.3 Å². The Morgan fingerprint density at radius 3 is 2.63 bits per heavy atom. The average Bonchev–Trinajstić information content (AvgIpc) is 2.73. The molecule has 5 nitrogen and oxygen atoms in total. The van der Waals surface area contributed by atoms with Crippen LogP contribution < -0.4 is 10.6 Å². The maximum absolute atomic E-state index is 13.5. The predicted molar refractivity (Wildman–Crippen MR) is 115 cm³/mol. The van der Waals surface area contributed by atoms with E-state index in [1.807, 2.05) is 0 Å². The van der Waals surface area contributed by atoms with Crippen LogP contribution in [0, 0.1) is 18.7 Å². The van der Waals surface area contributed by atoms with E-state index < -0.39 is 11.7 Å². The Bertz CT molecular complexity index is 921. The highest BCUT2D eigenvalue weighted by atomic mass is 19.1. The highest BCUT2D eigenvalue weighted by molar-refractivity contribution is 6.01. The van der Waals surface area contributed by atoms with Crippen molar-refractivity contribution >= 4 is 17.5 Å². The Labute approximate surface area is 176 Å². The first kappa shape index (κ1) is 20.5. The van der Waals surface area contributed by atoms with E-state index in [-0.39, 0.29) is 18.2 Å². The first-order chi connectivity index (χ1) is 14.5. The third kappa shape index (κ3) is 4.87. The number of halogens is 1. The van der Waals surface area contributed by atoms with Crippen LogP contribution in [0.3, 0.4) is 0 Å². The summed E-state index contributed by atoms with van der Waals surface area (Å²) in [6.07, 6.45) is 2.18. The van der Waals surface area contributed by atoms with Gasteiger partial charge in [0, 0.05) is 25.2 Å². The van der Waals surface area contributed by atoms with Crippen molar-refractivity contribution in [1.82, 2.24) is 10.2 Å². The zero-order chi connectivity index (χ0) is 21.1. The first-order valence-electron chi connectivity index (χ1n) is 10.6. The van der Waals surface area contributed by atoms with Crippen molar-refractivity contribution in [2.75, 3.05) is 25.0 Å². The lowest BCUT2D eigenvalue weighted by Crippen LogP contribution is -2.40. The molecule has 2 aliphatic heterocycles. The number of piperidine rings is 1. The molecule has 2 N–H and O–H groups in total. The van der Waals surface area contributed by atoms with Gasteiger partial charge in [-0.25, -0.2) is 4.39 Å². The van der Waals surface area contributed by atoms with Crippen LogP contribution in [-0.4, -0.2) is 36.3 Å². The van der Waals surface area contributed by atoms with E-state index >= 15 is 0 Å². The Balaban J connectivity index is 1.27. The van der Waals surface area contributed by atoms with E-state index in [2.05, 4.69) is 46.7 Å². The summed E-state index contributed by atoms with van der Waals surface area (Å²) >= 11 is 0. The number of benzene rings is 2. The minimum absolute atomic E-state index is 0.0967. The molecular weight excluding hydrogens is 381 g/mol. The molecule has 0 aromatic heterocycles. The van der Waals surface area contributed by atoms with Gasteiger partial charge in [0.05, 0.1) is 5.92 Å². The molecule has 1 atom stereocenters. The van der Waals surface area contributed by atoms with Crippen molar-refractivity contribution in [2.45, 2.75) is 38.6 Å². The normalized spacial score (nSPS) is 19.8. The number of carbonyl (C=O) groups excluding carboxylic acids is 2. The third-order valence-electron chi connectivity index (χ3n) is 6.17. The summed E-state index contributed by atoms with van der Waals surface area (Å²) in [5.74, 6) is -0.950. The van der Waals surface area contributed by atoms with Crippen LogP contribution in [0.15, 0.2) is 42.5 Å². The van der Waals surface area contributed by atoms with Gasteiger partial charge in [-0.1, -0.05) is 35.9 Å². The van der Waals surface area contributed by atoms with Gasteiger partial charge in [0.15, 0.2) is 0 Å². The van der Waals surface area contributed by atoms with Crippen LogP contribution in [-0.2, 0) is 16.1 Å². The number of nitrogens with zero attached hydrogens (tertiary/aromatic N) is 1. The quantitative estimate of drug-likeness (QED) is 0.793. The fourth-order valence-corrected chi connectivity index (χ4v) is 4.34. The monoisotopic (exact) mass is 409 g/mol.